The van der Waals surface area contributed by atoms with Gasteiger partial charge in [0.15, 0.2) is 17.1 Å². The molecule has 1 N–H and O–H groups in total. The molecule has 0 spiro atoms. The van der Waals surface area contributed by atoms with Gasteiger partial charge < -0.3 is 19.4 Å². The van der Waals surface area contributed by atoms with E-state index in [9.17, 15) is 4.79 Å². The monoisotopic (exact) mass is 474 g/mol. The molecule has 32 heavy (non-hydrogen) atoms. The fraction of sp³-hybridized carbons (Fsp3) is 0.348. The first-order valence-electron chi connectivity index (χ1n) is 10.3. The summed E-state index contributed by atoms with van der Waals surface area (Å²) in [6.07, 6.45) is -0.288. The van der Waals surface area contributed by atoms with Gasteiger partial charge in [-0.1, -0.05) is 29.4 Å². The Morgan fingerprint density at radius 3 is 2.66 bits per heavy atom. The number of carbonyl (C=O) groups is 1. The van der Waals surface area contributed by atoms with Gasteiger partial charge in [-0.2, -0.15) is 0 Å². The van der Waals surface area contributed by atoms with E-state index in [1.54, 1.807) is 25.3 Å². The van der Waals surface area contributed by atoms with Crippen molar-refractivity contribution in [3.63, 3.8) is 0 Å². The van der Waals surface area contributed by atoms with Crippen molar-refractivity contribution in [1.29, 1.82) is 0 Å². The zero-order valence-electron chi connectivity index (χ0n) is 18.8. The van der Waals surface area contributed by atoms with E-state index in [0.717, 1.165) is 5.75 Å². The molecule has 7 nitrogen and oxygen atoms in total. The molecule has 0 saturated heterocycles. The van der Waals surface area contributed by atoms with Gasteiger partial charge in [0.1, 0.15) is 11.5 Å². The fourth-order valence-corrected chi connectivity index (χ4v) is 4.12. The number of thioether (sulfide) groups is 1. The molecule has 3 rings (SSSR count). The van der Waals surface area contributed by atoms with Crippen LogP contribution in [-0.4, -0.2) is 33.5 Å². The number of hydrogen-bond acceptors (Lipinski definition) is 6. The van der Waals surface area contributed by atoms with E-state index in [1.807, 2.05) is 36.6 Å². The Labute approximate surface area is 197 Å². The third kappa shape index (κ3) is 5.75. The largest absolute Gasteiger partial charge is 0.495 e. The fourth-order valence-electron chi connectivity index (χ4n) is 3.14. The average Bonchev–Trinajstić information content (AvgIpc) is 3.18. The smallest absolute Gasteiger partial charge is 0.234 e. The molecule has 0 aliphatic carbocycles. The van der Waals surface area contributed by atoms with Gasteiger partial charge in [0, 0.05) is 11.6 Å². The molecule has 0 saturated carbocycles. The van der Waals surface area contributed by atoms with Gasteiger partial charge >= 0.3 is 0 Å². The predicted octanol–water partition coefficient (Wildman–Crippen LogP) is 5.45. The van der Waals surface area contributed by atoms with Crippen LogP contribution in [0.15, 0.2) is 41.6 Å². The predicted molar refractivity (Wildman–Crippen MR) is 128 cm³/mol. The van der Waals surface area contributed by atoms with Crippen LogP contribution in [0.2, 0.25) is 5.02 Å². The van der Waals surface area contributed by atoms with Crippen molar-refractivity contribution in [2.45, 2.75) is 45.5 Å². The zero-order valence-corrected chi connectivity index (χ0v) is 20.4. The molecule has 1 unspecified atom stereocenters. The Balaban J connectivity index is 1.66. The minimum Gasteiger partial charge on any atom is -0.495 e. The van der Waals surface area contributed by atoms with Gasteiger partial charge in [-0.15, -0.1) is 10.2 Å². The van der Waals surface area contributed by atoms with Gasteiger partial charge in [0.25, 0.3) is 0 Å². The minimum atomic E-state index is -0.288. The normalized spacial score (nSPS) is 11.8. The number of benzene rings is 2. The number of anilines is 1. The van der Waals surface area contributed by atoms with E-state index in [2.05, 4.69) is 29.4 Å². The van der Waals surface area contributed by atoms with E-state index < -0.39 is 0 Å². The molecule has 0 aliphatic rings. The van der Waals surface area contributed by atoms with Crippen LogP contribution < -0.4 is 14.8 Å². The van der Waals surface area contributed by atoms with E-state index in [-0.39, 0.29) is 17.8 Å². The van der Waals surface area contributed by atoms with Crippen LogP contribution in [0, 0.1) is 13.8 Å². The zero-order chi connectivity index (χ0) is 23.3. The standard InChI is InChI=1S/C23H27ClN4O3S/c1-6-28-22(16(4)31-18-9-7-14(2)15(3)11-18)26-27-23(28)32-13-21(29)25-19-12-17(24)8-10-20(19)30-5/h7-12,16H,6,13H2,1-5H3,(H,25,29). The highest BCUT2D eigenvalue weighted by Gasteiger charge is 2.20. The van der Waals surface area contributed by atoms with Crippen molar-refractivity contribution in [3.8, 4) is 11.5 Å². The second-order valence-corrected chi connectivity index (χ2v) is 8.65. The summed E-state index contributed by atoms with van der Waals surface area (Å²) >= 11 is 7.34. The van der Waals surface area contributed by atoms with Crippen LogP contribution in [0.5, 0.6) is 11.5 Å². The molecular formula is C23H27ClN4O3S. The summed E-state index contributed by atoms with van der Waals surface area (Å²) in [6.45, 7) is 8.74. The number of halogens is 1. The number of aryl methyl sites for hydroxylation is 2. The maximum atomic E-state index is 12.5. The Kier molecular flexibility index (Phi) is 8.04. The first kappa shape index (κ1) is 23.9. The Morgan fingerprint density at radius 2 is 1.97 bits per heavy atom. The van der Waals surface area contributed by atoms with Gasteiger partial charge in [0.2, 0.25) is 5.91 Å². The van der Waals surface area contributed by atoms with E-state index in [4.69, 9.17) is 21.1 Å². The first-order chi connectivity index (χ1) is 15.3. The number of carbonyl (C=O) groups excluding carboxylic acids is 1. The molecular weight excluding hydrogens is 448 g/mol. The molecule has 1 atom stereocenters. The highest BCUT2D eigenvalue weighted by molar-refractivity contribution is 7.99. The van der Waals surface area contributed by atoms with Crippen molar-refractivity contribution in [1.82, 2.24) is 14.8 Å². The van der Waals surface area contributed by atoms with Crippen LogP contribution in [0.3, 0.4) is 0 Å². The van der Waals surface area contributed by atoms with Crippen LogP contribution in [0.25, 0.3) is 0 Å². The topological polar surface area (TPSA) is 78.3 Å². The minimum absolute atomic E-state index is 0.167. The lowest BCUT2D eigenvalue weighted by molar-refractivity contribution is -0.113. The number of aromatic nitrogens is 3. The number of nitrogens with zero attached hydrogens (tertiary/aromatic N) is 3. The van der Waals surface area contributed by atoms with Crippen molar-refractivity contribution in [2.75, 3.05) is 18.2 Å². The molecule has 9 heteroatoms. The van der Waals surface area contributed by atoms with Gasteiger partial charge in [-0.25, -0.2) is 0 Å². The lowest BCUT2D eigenvalue weighted by Gasteiger charge is -2.16. The lowest BCUT2D eigenvalue weighted by Crippen LogP contribution is -2.16. The maximum Gasteiger partial charge on any atom is 0.234 e. The van der Waals surface area contributed by atoms with Crippen molar-refractivity contribution in [2.24, 2.45) is 0 Å². The van der Waals surface area contributed by atoms with Crippen LogP contribution in [0.1, 0.15) is 36.9 Å². The van der Waals surface area contributed by atoms with Gasteiger partial charge in [-0.3, -0.25) is 4.79 Å². The molecule has 0 bridgehead atoms. The number of ether oxygens (including phenoxy) is 2. The quantitative estimate of drug-likeness (QED) is 0.415. The highest BCUT2D eigenvalue weighted by Crippen LogP contribution is 2.29. The summed E-state index contributed by atoms with van der Waals surface area (Å²) in [6, 6.07) is 11.1. The molecule has 1 amide bonds. The van der Waals surface area contributed by atoms with Crippen molar-refractivity contribution < 1.29 is 14.3 Å². The molecule has 0 radical (unpaired) electrons. The third-order valence-corrected chi connectivity index (χ3v) is 6.19. The molecule has 0 aliphatic heterocycles. The molecule has 1 heterocycles. The molecule has 1 aromatic heterocycles. The summed E-state index contributed by atoms with van der Waals surface area (Å²) in [5.41, 5.74) is 2.91. The number of amides is 1. The van der Waals surface area contributed by atoms with E-state index in [0.29, 0.717) is 34.0 Å². The summed E-state index contributed by atoms with van der Waals surface area (Å²) in [5, 5.41) is 12.6. The Hall–Kier alpha value is -2.71. The summed E-state index contributed by atoms with van der Waals surface area (Å²) in [5.74, 6) is 2.02. The van der Waals surface area contributed by atoms with Gasteiger partial charge in [0.05, 0.1) is 18.6 Å². The van der Waals surface area contributed by atoms with Crippen LogP contribution >= 0.6 is 23.4 Å². The number of methoxy groups -OCH3 is 1. The van der Waals surface area contributed by atoms with Crippen LogP contribution in [0.4, 0.5) is 5.69 Å². The van der Waals surface area contributed by atoms with E-state index >= 15 is 0 Å². The van der Waals surface area contributed by atoms with Gasteiger partial charge in [-0.05, 0) is 69.2 Å². The Morgan fingerprint density at radius 1 is 1.19 bits per heavy atom. The maximum absolute atomic E-state index is 12.5. The molecule has 3 aromatic rings. The van der Waals surface area contributed by atoms with Crippen molar-refractivity contribution >= 4 is 35.0 Å². The molecule has 170 valence electrons. The summed E-state index contributed by atoms with van der Waals surface area (Å²) in [7, 11) is 1.54. The number of rotatable bonds is 9. The van der Waals surface area contributed by atoms with Crippen LogP contribution in [-0.2, 0) is 11.3 Å². The summed E-state index contributed by atoms with van der Waals surface area (Å²) < 4.78 is 13.3. The number of hydrogen-bond donors (Lipinski definition) is 1. The number of nitrogens with one attached hydrogen (secondary N) is 1. The SMILES string of the molecule is CCn1c(SCC(=O)Nc2cc(Cl)ccc2OC)nnc1C(C)Oc1ccc(C)c(C)c1. The summed E-state index contributed by atoms with van der Waals surface area (Å²) in [4.78, 5) is 12.5. The molecule has 2 aromatic carbocycles. The Bertz CT molecular complexity index is 1100. The van der Waals surface area contributed by atoms with Crippen molar-refractivity contribution in [3.05, 3.63) is 58.4 Å². The second kappa shape index (κ2) is 10.7. The highest BCUT2D eigenvalue weighted by atomic mass is 35.5. The first-order valence-corrected chi connectivity index (χ1v) is 11.6. The second-order valence-electron chi connectivity index (χ2n) is 7.27. The lowest BCUT2D eigenvalue weighted by atomic mass is 10.1. The molecule has 0 fully saturated rings. The third-order valence-electron chi connectivity index (χ3n) is 4.98. The van der Waals surface area contributed by atoms with E-state index in [1.165, 1.54) is 22.9 Å². The average molecular weight is 475 g/mol.